The largest absolute Gasteiger partial charge is 0.488 e. The molecule has 32 heavy (non-hydrogen) atoms. The van der Waals surface area contributed by atoms with E-state index in [0.717, 1.165) is 52.1 Å². The summed E-state index contributed by atoms with van der Waals surface area (Å²) in [6.07, 6.45) is 6.25. The average molecular weight is 422 g/mol. The second kappa shape index (κ2) is 9.40. The van der Waals surface area contributed by atoms with Crippen molar-refractivity contribution in [2.75, 3.05) is 0 Å². The van der Waals surface area contributed by atoms with Crippen LogP contribution in [0.4, 0.5) is 0 Å². The third kappa shape index (κ3) is 4.91. The predicted molar refractivity (Wildman–Crippen MR) is 136 cm³/mol. The number of allylic oxidation sites excluding steroid dienone is 1. The van der Waals surface area contributed by atoms with E-state index in [1.807, 2.05) is 24.4 Å². The quantitative estimate of drug-likeness (QED) is 0.397. The topological polar surface area (TPSA) is 21.6 Å². The van der Waals surface area contributed by atoms with Gasteiger partial charge < -0.3 is 4.74 Å². The molecule has 0 unspecified atom stereocenters. The van der Waals surface area contributed by atoms with E-state index in [9.17, 15) is 0 Å². The zero-order valence-corrected chi connectivity index (χ0v) is 19.3. The van der Waals surface area contributed by atoms with E-state index >= 15 is 0 Å². The second-order valence-electron chi connectivity index (χ2n) is 9.24. The van der Waals surface area contributed by atoms with E-state index in [0.29, 0.717) is 6.61 Å². The Balaban J connectivity index is 1.72. The van der Waals surface area contributed by atoms with Crippen LogP contribution in [-0.4, -0.2) is 6.21 Å². The highest BCUT2D eigenvalue weighted by Gasteiger charge is 2.23. The van der Waals surface area contributed by atoms with E-state index in [1.165, 1.54) is 5.56 Å². The molecule has 0 aliphatic carbocycles. The molecule has 0 spiro atoms. The standard InChI is InChI=1S/C30H31NO/c1-22(24-14-10-15-25(20-24)28-18-8-9-19-31-28)26-16-11-17-27(30(2,3)4)29(26)32-21-23-12-6-5-7-13-23/h5-7,10-20H,1,8-9,21H2,2-4H3. The summed E-state index contributed by atoms with van der Waals surface area (Å²) < 4.78 is 6.47. The van der Waals surface area contributed by atoms with Gasteiger partial charge in [0, 0.05) is 22.9 Å². The van der Waals surface area contributed by atoms with Crippen LogP contribution in [-0.2, 0) is 12.0 Å². The predicted octanol–water partition coefficient (Wildman–Crippen LogP) is 7.83. The van der Waals surface area contributed by atoms with E-state index in [2.05, 4.69) is 93.0 Å². The van der Waals surface area contributed by atoms with Gasteiger partial charge in [0.1, 0.15) is 12.4 Å². The van der Waals surface area contributed by atoms with Gasteiger partial charge in [0.05, 0.1) is 5.70 Å². The molecule has 0 saturated heterocycles. The van der Waals surface area contributed by atoms with E-state index in [4.69, 9.17) is 4.74 Å². The minimum absolute atomic E-state index is 0.0498. The van der Waals surface area contributed by atoms with Crippen LogP contribution in [0.15, 0.2) is 90.4 Å². The van der Waals surface area contributed by atoms with E-state index in [1.54, 1.807) is 0 Å². The van der Waals surface area contributed by atoms with Crippen LogP contribution >= 0.6 is 0 Å². The number of hydrogen-bond acceptors (Lipinski definition) is 2. The fourth-order valence-corrected chi connectivity index (χ4v) is 3.97. The molecule has 1 aliphatic heterocycles. The fourth-order valence-electron chi connectivity index (χ4n) is 3.97. The van der Waals surface area contributed by atoms with Crippen molar-refractivity contribution in [1.82, 2.24) is 0 Å². The monoisotopic (exact) mass is 421 g/mol. The minimum Gasteiger partial charge on any atom is -0.488 e. The summed E-state index contributed by atoms with van der Waals surface area (Å²) in [6, 6.07) is 25.2. The normalized spacial score (nSPS) is 13.5. The van der Waals surface area contributed by atoms with Gasteiger partial charge in [-0.3, -0.25) is 4.99 Å². The number of aliphatic imine (C=N–C) groups is 1. The molecule has 2 heteroatoms. The second-order valence-corrected chi connectivity index (χ2v) is 9.24. The molecule has 3 aromatic carbocycles. The van der Waals surface area contributed by atoms with Crippen molar-refractivity contribution in [2.24, 2.45) is 4.99 Å². The summed E-state index contributed by atoms with van der Waals surface area (Å²) in [5, 5.41) is 0. The van der Waals surface area contributed by atoms with Crippen molar-refractivity contribution in [1.29, 1.82) is 0 Å². The lowest BCUT2D eigenvalue weighted by atomic mass is 9.83. The first-order chi connectivity index (χ1) is 15.4. The highest BCUT2D eigenvalue weighted by molar-refractivity contribution is 5.84. The highest BCUT2D eigenvalue weighted by atomic mass is 16.5. The van der Waals surface area contributed by atoms with Gasteiger partial charge in [-0.05, 0) is 41.0 Å². The van der Waals surface area contributed by atoms with Crippen LogP contribution in [0.3, 0.4) is 0 Å². The first-order valence-corrected chi connectivity index (χ1v) is 11.3. The molecule has 0 saturated carbocycles. The average Bonchev–Trinajstić information content (AvgIpc) is 2.83. The third-order valence-electron chi connectivity index (χ3n) is 5.74. The molecule has 0 amide bonds. The maximum atomic E-state index is 6.47. The van der Waals surface area contributed by atoms with Gasteiger partial charge in [-0.25, -0.2) is 0 Å². The zero-order valence-electron chi connectivity index (χ0n) is 19.3. The Kier molecular flexibility index (Phi) is 6.41. The maximum absolute atomic E-state index is 6.47. The number of nitrogens with zero attached hydrogens (tertiary/aromatic N) is 1. The number of benzene rings is 3. The van der Waals surface area contributed by atoms with Crippen molar-refractivity contribution in [2.45, 2.75) is 45.6 Å². The molecule has 1 aliphatic rings. The van der Waals surface area contributed by atoms with Crippen LogP contribution < -0.4 is 4.74 Å². The molecule has 0 radical (unpaired) electrons. The van der Waals surface area contributed by atoms with Gasteiger partial charge >= 0.3 is 0 Å². The van der Waals surface area contributed by atoms with Crippen LogP contribution in [0.5, 0.6) is 5.75 Å². The molecule has 0 bridgehead atoms. The summed E-state index contributed by atoms with van der Waals surface area (Å²) in [7, 11) is 0. The Morgan fingerprint density at radius 2 is 1.72 bits per heavy atom. The van der Waals surface area contributed by atoms with Crippen LogP contribution in [0.1, 0.15) is 61.4 Å². The molecular formula is C30H31NO. The molecule has 0 aromatic heterocycles. The number of ether oxygens (including phenoxy) is 1. The molecule has 4 rings (SSSR count). The molecule has 0 fully saturated rings. The smallest absolute Gasteiger partial charge is 0.131 e. The van der Waals surface area contributed by atoms with Crippen molar-refractivity contribution in [3.05, 3.63) is 113 Å². The molecular weight excluding hydrogens is 390 g/mol. The Labute approximate surface area is 192 Å². The van der Waals surface area contributed by atoms with Crippen molar-refractivity contribution >= 4 is 17.5 Å². The third-order valence-corrected chi connectivity index (χ3v) is 5.74. The Morgan fingerprint density at radius 3 is 2.44 bits per heavy atom. The summed E-state index contributed by atoms with van der Waals surface area (Å²) in [5.41, 5.74) is 7.52. The lowest BCUT2D eigenvalue weighted by molar-refractivity contribution is 0.296. The van der Waals surface area contributed by atoms with Gasteiger partial charge in [0.25, 0.3) is 0 Å². The SMILES string of the molecule is C=C(c1cccc(C2=CCCC=N2)c1)c1cccc(C(C)(C)C)c1OCc1ccccc1. The molecule has 1 heterocycles. The van der Waals surface area contributed by atoms with Crippen LogP contribution in [0.2, 0.25) is 0 Å². The summed E-state index contributed by atoms with van der Waals surface area (Å²) in [4.78, 5) is 4.58. The van der Waals surface area contributed by atoms with Crippen molar-refractivity contribution in [3.8, 4) is 5.75 Å². The lowest BCUT2D eigenvalue weighted by Gasteiger charge is -2.25. The molecule has 3 aromatic rings. The van der Waals surface area contributed by atoms with E-state index in [-0.39, 0.29) is 5.41 Å². The Morgan fingerprint density at radius 1 is 0.938 bits per heavy atom. The number of para-hydroxylation sites is 1. The Hall–Kier alpha value is -3.39. The van der Waals surface area contributed by atoms with Gasteiger partial charge in [0.2, 0.25) is 0 Å². The van der Waals surface area contributed by atoms with Gasteiger partial charge in [-0.15, -0.1) is 0 Å². The summed E-state index contributed by atoms with van der Waals surface area (Å²) in [6.45, 7) is 11.7. The van der Waals surface area contributed by atoms with Crippen molar-refractivity contribution < 1.29 is 4.74 Å². The lowest BCUT2D eigenvalue weighted by Crippen LogP contribution is -2.14. The molecule has 0 N–H and O–H groups in total. The fraction of sp³-hybridized carbons (Fsp3) is 0.233. The van der Waals surface area contributed by atoms with Crippen molar-refractivity contribution in [3.63, 3.8) is 0 Å². The van der Waals surface area contributed by atoms with E-state index < -0.39 is 0 Å². The van der Waals surface area contributed by atoms with Gasteiger partial charge in [-0.1, -0.05) is 100 Å². The zero-order chi connectivity index (χ0) is 22.6. The highest BCUT2D eigenvalue weighted by Crippen LogP contribution is 2.39. The first-order valence-electron chi connectivity index (χ1n) is 11.3. The number of hydrogen-bond donors (Lipinski definition) is 0. The van der Waals surface area contributed by atoms with Gasteiger partial charge in [-0.2, -0.15) is 0 Å². The molecule has 0 atom stereocenters. The molecule has 162 valence electrons. The summed E-state index contributed by atoms with van der Waals surface area (Å²) in [5.74, 6) is 0.911. The minimum atomic E-state index is -0.0498. The first kappa shape index (κ1) is 21.8. The van der Waals surface area contributed by atoms with Crippen LogP contribution in [0, 0.1) is 0 Å². The maximum Gasteiger partial charge on any atom is 0.131 e. The number of rotatable bonds is 6. The Bertz CT molecular complexity index is 1160. The summed E-state index contributed by atoms with van der Waals surface area (Å²) >= 11 is 0. The van der Waals surface area contributed by atoms with Crippen LogP contribution in [0.25, 0.3) is 11.3 Å². The van der Waals surface area contributed by atoms with Gasteiger partial charge in [0.15, 0.2) is 0 Å². The molecule has 2 nitrogen and oxygen atoms in total.